The third kappa shape index (κ3) is 26.6. The van der Waals surface area contributed by atoms with Gasteiger partial charge in [0.05, 0.1) is 32.0 Å². The van der Waals surface area contributed by atoms with Crippen molar-refractivity contribution in [1.29, 1.82) is 0 Å². The van der Waals surface area contributed by atoms with Crippen LogP contribution >= 0.6 is 0 Å². The predicted octanol–water partition coefficient (Wildman–Crippen LogP) is 6.11. The van der Waals surface area contributed by atoms with Crippen LogP contribution in [-0.2, 0) is 23.7 Å². The molecule has 16 heteroatoms. The Balaban J connectivity index is 1.92. The average Bonchev–Trinajstić information content (AvgIpc) is 3.35. The first kappa shape index (κ1) is 64.0. The van der Waals surface area contributed by atoms with Crippen molar-refractivity contribution in [3.05, 3.63) is 0 Å². The molecule has 1 amide bonds. The number of unbranched alkanes of at least 4 members (excludes halogenated alkanes) is 29. The Morgan fingerprint density at radius 1 is 0.478 bits per heavy atom. The SMILES string of the molecule is CCCCCCCCCCCCCCCCCCCC[C@@H](O)C(=O)N[C@@H](CO[C@H]1O[C@H](CO)[C@H](O)[C@H](O)[C@H]1OC1O[C@H](CO)[C@H](O)[C@H](O)[C@H]1O)[C@H](O)[C@H](O)CCCCCCCCCCCCCCC. The lowest BCUT2D eigenvalue weighted by Gasteiger charge is -2.46. The van der Waals surface area contributed by atoms with Crippen molar-refractivity contribution in [2.45, 2.75) is 312 Å². The Kier molecular flexibility index (Phi) is 37.4. The number of aliphatic hydroxyl groups excluding tert-OH is 10. The van der Waals surface area contributed by atoms with E-state index in [9.17, 15) is 55.9 Å². The Hall–Kier alpha value is -1.09. The summed E-state index contributed by atoms with van der Waals surface area (Å²) in [5, 5.41) is 109. The fourth-order valence-corrected chi connectivity index (χ4v) is 9.55. The molecule has 14 atom stereocenters. The van der Waals surface area contributed by atoms with E-state index in [4.69, 9.17) is 18.9 Å². The van der Waals surface area contributed by atoms with E-state index < -0.39 is 111 Å². The van der Waals surface area contributed by atoms with Gasteiger partial charge in [-0.05, 0) is 12.8 Å². The molecule has 0 spiro atoms. The van der Waals surface area contributed by atoms with Gasteiger partial charge in [0.1, 0.15) is 61.0 Å². The molecule has 2 aliphatic heterocycles. The monoisotopic (exact) mass is 994 g/mol. The van der Waals surface area contributed by atoms with E-state index in [0.29, 0.717) is 12.8 Å². The predicted molar refractivity (Wildman–Crippen MR) is 266 cm³/mol. The largest absolute Gasteiger partial charge is 0.394 e. The van der Waals surface area contributed by atoms with Gasteiger partial charge in [-0.3, -0.25) is 4.79 Å². The van der Waals surface area contributed by atoms with Crippen LogP contribution in [0.25, 0.3) is 0 Å². The maximum Gasteiger partial charge on any atom is 0.249 e. The van der Waals surface area contributed by atoms with Crippen molar-refractivity contribution in [3.63, 3.8) is 0 Å². The first-order valence-electron chi connectivity index (χ1n) is 28.0. The zero-order valence-corrected chi connectivity index (χ0v) is 43.1. The van der Waals surface area contributed by atoms with E-state index in [1.54, 1.807) is 0 Å². The highest BCUT2D eigenvalue weighted by Gasteiger charge is 2.51. The fraction of sp³-hybridized carbons (Fsp3) is 0.981. The van der Waals surface area contributed by atoms with Gasteiger partial charge in [-0.2, -0.15) is 0 Å². The highest BCUT2D eigenvalue weighted by Crippen LogP contribution is 2.30. The van der Waals surface area contributed by atoms with Gasteiger partial charge in [0, 0.05) is 0 Å². The summed E-state index contributed by atoms with van der Waals surface area (Å²) in [6, 6.07) is -1.31. The van der Waals surface area contributed by atoms with Crippen LogP contribution in [0.5, 0.6) is 0 Å². The summed E-state index contributed by atoms with van der Waals surface area (Å²) >= 11 is 0. The van der Waals surface area contributed by atoms with Gasteiger partial charge in [-0.1, -0.05) is 213 Å². The highest BCUT2D eigenvalue weighted by atomic mass is 16.8. The molecule has 0 aliphatic carbocycles. The van der Waals surface area contributed by atoms with Crippen molar-refractivity contribution < 1.29 is 74.8 Å². The van der Waals surface area contributed by atoms with Crippen LogP contribution < -0.4 is 5.32 Å². The number of amides is 1. The van der Waals surface area contributed by atoms with Crippen LogP contribution in [0.4, 0.5) is 0 Å². The van der Waals surface area contributed by atoms with Crippen LogP contribution in [0, 0.1) is 0 Å². The van der Waals surface area contributed by atoms with E-state index >= 15 is 0 Å². The number of hydrogen-bond acceptors (Lipinski definition) is 15. The number of carbonyl (C=O) groups excluding carboxylic acids is 1. The quantitative estimate of drug-likeness (QED) is 0.0308. The minimum absolute atomic E-state index is 0.193. The van der Waals surface area contributed by atoms with E-state index in [2.05, 4.69) is 19.2 Å². The zero-order chi connectivity index (χ0) is 50.7. The van der Waals surface area contributed by atoms with Gasteiger partial charge >= 0.3 is 0 Å². The minimum Gasteiger partial charge on any atom is -0.394 e. The Morgan fingerprint density at radius 2 is 0.841 bits per heavy atom. The van der Waals surface area contributed by atoms with Gasteiger partial charge in [0.2, 0.25) is 5.91 Å². The normalized spacial score (nSPS) is 27.0. The fourth-order valence-electron chi connectivity index (χ4n) is 9.55. The van der Waals surface area contributed by atoms with E-state index in [1.807, 2.05) is 0 Å². The molecule has 2 heterocycles. The molecule has 0 aromatic carbocycles. The molecular weight excluding hydrogens is 891 g/mol. The molecule has 69 heavy (non-hydrogen) atoms. The number of carbonyl (C=O) groups is 1. The number of hydrogen-bond donors (Lipinski definition) is 11. The summed E-state index contributed by atoms with van der Waals surface area (Å²) in [7, 11) is 0. The van der Waals surface area contributed by atoms with Crippen molar-refractivity contribution in [1.82, 2.24) is 5.32 Å². The van der Waals surface area contributed by atoms with Crippen molar-refractivity contribution >= 4 is 5.91 Å². The van der Waals surface area contributed by atoms with Crippen LogP contribution in [0.15, 0.2) is 0 Å². The molecule has 0 saturated carbocycles. The second-order valence-electron chi connectivity index (χ2n) is 20.4. The second-order valence-corrected chi connectivity index (χ2v) is 20.4. The molecule has 0 radical (unpaired) electrons. The summed E-state index contributed by atoms with van der Waals surface area (Å²) in [6.07, 6.45) is 16.3. The van der Waals surface area contributed by atoms with Crippen LogP contribution in [-0.4, -0.2) is 163 Å². The molecule has 2 rings (SSSR count). The standard InChI is InChI=1S/C53H103NO15/c1-3-5-7-9-11-13-15-17-18-19-20-21-23-25-27-29-31-33-35-41(58)51(65)54-39(44(59)40(57)34-32-30-28-26-24-22-16-14-12-10-8-6-4-2)38-66-53-50(48(63)46(61)43(37-56)68-53)69-52-49(64)47(62)45(60)42(36-55)67-52/h39-50,52-53,55-64H,3-38H2,1-2H3,(H,54,65)/t39-,40+,41+,42+,43+,44-,45-,46-,47-,48-,49+,50+,52?,53-/m0/s1. The molecule has 410 valence electrons. The lowest BCUT2D eigenvalue weighted by Crippen LogP contribution is -2.65. The minimum atomic E-state index is -1.87. The van der Waals surface area contributed by atoms with Crippen molar-refractivity contribution in [3.8, 4) is 0 Å². The van der Waals surface area contributed by atoms with Gasteiger partial charge < -0.3 is 75.3 Å². The van der Waals surface area contributed by atoms with E-state index in [0.717, 1.165) is 51.4 Å². The van der Waals surface area contributed by atoms with Gasteiger partial charge in [-0.25, -0.2) is 0 Å². The smallest absolute Gasteiger partial charge is 0.249 e. The maximum absolute atomic E-state index is 13.4. The Morgan fingerprint density at radius 3 is 1.25 bits per heavy atom. The van der Waals surface area contributed by atoms with Crippen molar-refractivity contribution in [2.24, 2.45) is 0 Å². The molecule has 1 unspecified atom stereocenters. The lowest BCUT2D eigenvalue weighted by atomic mass is 9.97. The number of nitrogens with one attached hydrogen (secondary N) is 1. The number of aliphatic hydroxyl groups is 10. The summed E-state index contributed by atoms with van der Waals surface area (Å²) < 4.78 is 22.9. The molecule has 11 N–H and O–H groups in total. The highest BCUT2D eigenvalue weighted by molar-refractivity contribution is 5.80. The molecule has 2 saturated heterocycles. The topological polar surface area (TPSA) is 268 Å². The summed E-state index contributed by atoms with van der Waals surface area (Å²) in [4.78, 5) is 13.4. The first-order chi connectivity index (χ1) is 33.4. The summed E-state index contributed by atoms with van der Waals surface area (Å²) in [5.41, 5.74) is 0. The van der Waals surface area contributed by atoms with Gasteiger partial charge in [0.15, 0.2) is 12.6 Å². The average molecular weight is 994 g/mol. The van der Waals surface area contributed by atoms with Crippen LogP contribution in [0.3, 0.4) is 0 Å². The van der Waals surface area contributed by atoms with Gasteiger partial charge in [0.25, 0.3) is 0 Å². The van der Waals surface area contributed by atoms with Gasteiger partial charge in [-0.15, -0.1) is 0 Å². The van der Waals surface area contributed by atoms with Crippen LogP contribution in [0.2, 0.25) is 0 Å². The Bertz CT molecular complexity index is 1210. The molecule has 0 aromatic rings. The summed E-state index contributed by atoms with van der Waals surface area (Å²) in [6.45, 7) is 2.41. The summed E-state index contributed by atoms with van der Waals surface area (Å²) in [5.74, 6) is -0.773. The number of rotatable bonds is 44. The zero-order valence-electron chi connectivity index (χ0n) is 43.1. The third-order valence-electron chi connectivity index (χ3n) is 14.3. The first-order valence-corrected chi connectivity index (χ1v) is 28.0. The van der Waals surface area contributed by atoms with E-state index in [-0.39, 0.29) is 12.8 Å². The van der Waals surface area contributed by atoms with Crippen molar-refractivity contribution in [2.75, 3.05) is 19.8 Å². The number of ether oxygens (including phenoxy) is 4. The van der Waals surface area contributed by atoms with Crippen LogP contribution in [0.1, 0.15) is 226 Å². The molecule has 0 bridgehead atoms. The lowest BCUT2D eigenvalue weighted by molar-refractivity contribution is -0.368. The van der Waals surface area contributed by atoms with E-state index in [1.165, 1.54) is 135 Å². The molecule has 16 nitrogen and oxygen atoms in total. The molecule has 0 aromatic heterocycles. The Labute approximate surface area is 416 Å². The molecule has 2 fully saturated rings. The maximum atomic E-state index is 13.4. The molecule has 2 aliphatic rings. The second kappa shape index (κ2) is 40.3. The third-order valence-corrected chi connectivity index (χ3v) is 14.3. The molecular formula is C53H103NO15.